The first kappa shape index (κ1) is 8.95. The van der Waals surface area contributed by atoms with Gasteiger partial charge in [0.15, 0.2) is 0 Å². The maximum atomic E-state index is 10.5. The molecule has 2 heteroatoms. The van der Waals surface area contributed by atoms with Gasteiger partial charge >= 0.3 is 0 Å². The lowest BCUT2D eigenvalue weighted by Gasteiger charge is -2.46. The fraction of sp³-hybridized carbons (Fsp3) is 0.727. The lowest BCUT2D eigenvalue weighted by atomic mass is 9.65. The summed E-state index contributed by atoms with van der Waals surface area (Å²) in [7, 11) is 1.76. The van der Waals surface area contributed by atoms with E-state index in [4.69, 9.17) is 4.74 Å². The van der Waals surface area contributed by atoms with E-state index >= 15 is 0 Å². The van der Waals surface area contributed by atoms with Crippen molar-refractivity contribution in [3.05, 3.63) is 12.2 Å². The van der Waals surface area contributed by atoms with Gasteiger partial charge in [-0.05, 0) is 31.1 Å². The molecule has 1 saturated carbocycles. The standard InChI is InChI=1S/C11H16O2/c1-13-11-5-2-9(3-6-11)8-10(11)4-7-12/h2,5,7,9-10H,3-4,6,8H2,1H3. The van der Waals surface area contributed by atoms with Crippen LogP contribution in [-0.4, -0.2) is 19.0 Å². The monoisotopic (exact) mass is 180 g/mol. The third-order valence-electron chi connectivity index (χ3n) is 3.60. The molecular formula is C11H16O2. The first-order chi connectivity index (χ1) is 6.30. The number of aldehydes is 1. The molecule has 0 aliphatic heterocycles. The zero-order valence-corrected chi connectivity index (χ0v) is 8.03. The molecule has 3 aliphatic rings. The fourth-order valence-corrected chi connectivity index (χ4v) is 2.74. The first-order valence-corrected chi connectivity index (χ1v) is 4.99. The maximum Gasteiger partial charge on any atom is 0.120 e. The quantitative estimate of drug-likeness (QED) is 0.490. The summed E-state index contributed by atoms with van der Waals surface area (Å²) < 4.78 is 5.59. The molecule has 0 heterocycles. The number of allylic oxidation sites excluding steroid dienone is 1. The molecule has 3 rings (SSSR count). The molecule has 0 aromatic rings. The van der Waals surface area contributed by atoms with Gasteiger partial charge in [-0.15, -0.1) is 0 Å². The molecule has 1 fully saturated rings. The van der Waals surface area contributed by atoms with Crippen LogP contribution in [-0.2, 0) is 9.53 Å². The summed E-state index contributed by atoms with van der Waals surface area (Å²) in [6.45, 7) is 0. The van der Waals surface area contributed by atoms with E-state index in [9.17, 15) is 4.79 Å². The Morgan fingerprint density at radius 3 is 3.08 bits per heavy atom. The molecule has 2 bridgehead atoms. The molecule has 3 atom stereocenters. The third-order valence-corrected chi connectivity index (χ3v) is 3.60. The van der Waals surface area contributed by atoms with Crippen LogP contribution in [0.5, 0.6) is 0 Å². The second-order valence-corrected chi connectivity index (χ2v) is 4.15. The van der Waals surface area contributed by atoms with Crippen molar-refractivity contribution in [3.8, 4) is 0 Å². The topological polar surface area (TPSA) is 26.3 Å². The molecule has 0 saturated heterocycles. The summed E-state index contributed by atoms with van der Waals surface area (Å²) in [6.07, 6.45) is 9.55. The molecule has 0 amide bonds. The van der Waals surface area contributed by atoms with Crippen LogP contribution >= 0.6 is 0 Å². The minimum Gasteiger partial charge on any atom is -0.374 e. The highest BCUT2D eigenvalue weighted by Gasteiger charge is 2.44. The summed E-state index contributed by atoms with van der Waals surface area (Å²) in [6, 6.07) is 0. The summed E-state index contributed by atoms with van der Waals surface area (Å²) >= 11 is 0. The lowest BCUT2D eigenvalue weighted by molar-refractivity contribution is -0.114. The Balaban J connectivity index is 2.21. The van der Waals surface area contributed by atoms with E-state index in [0.29, 0.717) is 18.3 Å². The Labute approximate surface area is 79.0 Å². The van der Waals surface area contributed by atoms with Crippen molar-refractivity contribution in [2.75, 3.05) is 7.11 Å². The van der Waals surface area contributed by atoms with Crippen molar-refractivity contribution in [2.24, 2.45) is 11.8 Å². The number of ether oxygens (including phenoxy) is 1. The van der Waals surface area contributed by atoms with Gasteiger partial charge in [0.05, 0.1) is 5.60 Å². The van der Waals surface area contributed by atoms with Crippen molar-refractivity contribution in [2.45, 2.75) is 31.3 Å². The van der Waals surface area contributed by atoms with Crippen LogP contribution in [0, 0.1) is 11.8 Å². The molecule has 0 radical (unpaired) electrons. The number of hydrogen-bond acceptors (Lipinski definition) is 2. The number of rotatable bonds is 3. The predicted molar refractivity (Wildman–Crippen MR) is 50.4 cm³/mol. The minimum absolute atomic E-state index is 0.115. The minimum atomic E-state index is -0.115. The largest absolute Gasteiger partial charge is 0.374 e. The van der Waals surface area contributed by atoms with Crippen molar-refractivity contribution >= 4 is 6.29 Å². The maximum absolute atomic E-state index is 10.5. The highest BCUT2D eigenvalue weighted by atomic mass is 16.5. The second-order valence-electron chi connectivity index (χ2n) is 4.15. The summed E-state index contributed by atoms with van der Waals surface area (Å²) in [5.74, 6) is 1.11. The van der Waals surface area contributed by atoms with Gasteiger partial charge in [0.1, 0.15) is 6.29 Å². The van der Waals surface area contributed by atoms with Gasteiger partial charge in [-0.1, -0.05) is 12.2 Å². The van der Waals surface area contributed by atoms with Gasteiger partial charge in [0, 0.05) is 13.5 Å². The molecule has 0 aromatic carbocycles. The smallest absolute Gasteiger partial charge is 0.120 e. The average Bonchev–Trinajstić information content (AvgIpc) is 2.20. The van der Waals surface area contributed by atoms with E-state index in [-0.39, 0.29) is 5.60 Å². The van der Waals surface area contributed by atoms with Crippen LogP contribution in [0.25, 0.3) is 0 Å². The molecule has 72 valence electrons. The summed E-state index contributed by atoms with van der Waals surface area (Å²) in [4.78, 5) is 10.5. The van der Waals surface area contributed by atoms with E-state index in [2.05, 4.69) is 12.2 Å². The normalized spacial score (nSPS) is 42.2. The average molecular weight is 180 g/mol. The number of carbonyl (C=O) groups excluding carboxylic acids is 1. The van der Waals surface area contributed by atoms with Crippen molar-refractivity contribution < 1.29 is 9.53 Å². The van der Waals surface area contributed by atoms with Crippen molar-refractivity contribution in [1.29, 1.82) is 0 Å². The highest BCUT2D eigenvalue weighted by molar-refractivity contribution is 5.50. The van der Waals surface area contributed by atoms with Crippen LogP contribution in [0.1, 0.15) is 25.7 Å². The molecule has 13 heavy (non-hydrogen) atoms. The Morgan fingerprint density at radius 2 is 2.54 bits per heavy atom. The molecule has 2 nitrogen and oxygen atoms in total. The van der Waals surface area contributed by atoms with Gasteiger partial charge in [-0.3, -0.25) is 0 Å². The van der Waals surface area contributed by atoms with E-state index < -0.39 is 0 Å². The molecule has 0 N–H and O–H groups in total. The van der Waals surface area contributed by atoms with E-state index in [0.717, 1.165) is 19.1 Å². The number of carbonyl (C=O) groups is 1. The SMILES string of the molecule is COC12C=CC(CC1)CC2CC=O. The van der Waals surface area contributed by atoms with Crippen molar-refractivity contribution in [3.63, 3.8) is 0 Å². The van der Waals surface area contributed by atoms with Crippen LogP contribution in [0.4, 0.5) is 0 Å². The highest BCUT2D eigenvalue weighted by Crippen LogP contribution is 2.46. The van der Waals surface area contributed by atoms with Crippen LogP contribution in [0.2, 0.25) is 0 Å². The first-order valence-electron chi connectivity index (χ1n) is 4.99. The number of hydrogen-bond donors (Lipinski definition) is 0. The van der Waals surface area contributed by atoms with Crippen LogP contribution < -0.4 is 0 Å². The molecule has 3 aliphatic carbocycles. The lowest BCUT2D eigenvalue weighted by Crippen LogP contribution is -2.46. The third kappa shape index (κ3) is 1.33. The van der Waals surface area contributed by atoms with Crippen molar-refractivity contribution in [1.82, 2.24) is 0 Å². The molecular weight excluding hydrogens is 164 g/mol. The Kier molecular flexibility index (Phi) is 2.24. The zero-order chi connectivity index (χ0) is 9.31. The van der Waals surface area contributed by atoms with E-state index in [1.807, 2.05) is 0 Å². The van der Waals surface area contributed by atoms with Gasteiger partial charge in [0.25, 0.3) is 0 Å². The van der Waals surface area contributed by atoms with Gasteiger partial charge in [0.2, 0.25) is 0 Å². The number of methoxy groups -OCH3 is 1. The molecule has 0 spiro atoms. The molecule has 3 unspecified atom stereocenters. The molecule has 0 aromatic heterocycles. The van der Waals surface area contributed by atoms with E-state index in [1.54, 1.807) is 7.11 Å². The summed E-state index contributed by atoms with van der Waals surface area (Å²) in [5.41, 5.74) is -0.115. The predicted octanol–water partition coefficient (Wildman–Crippen LogP) is 1.95. The van der Waals surface area contributed by atoms with Gasteiger partial charge in [-0.2, -0.15) is 0 Å². The fourth-order valence-electron chi connectivity index (χ4n) is 2.74. The van der Waals surface area contributed by atoms with Gasteiger partial charge in [-0.25, -0.2) is 0 Å². The Bertz CT molecular complexity index is 234. The van der Waals surface area contributed by atoms with Gasteiger partial charge < -0.3 is 9.53 Å². The van der Waals surface area contributed by atoms with Crippen LogP contribution in [0.3, 0.4) is 0 Å². The second kappa shape index (κ2) is 3.26. The Morgan fingerprint density at radius 1 is 1.69 bits per heavy atom. The van der Waals surface area contributed by atoms with E-state index in [1.165, 1.54) is 6.42 Å². The zero-order valence-electron chi connectivity index (χ0n) is 8.03. The Hall–Kier alpha value is -0.630. The summed E-state index contributed by atoms with van der Waals surface area (Å²) in [5, 5.41) is 0. The van der Waals surface area contributed by atoms with Crippen LogP contribution in [0.15, 0.2) is 12.2 Å². The number of fused-ring (bicyclic) bond motifs is 2.